The number of hydrogen-bond donors (Lipinski definition) is 0. The van der Waals surface area contributed by atoms with Gasteiger partial charge in [0.25, 0.3) is 5.17 Å². The number of imidazole rings is 1. The lowest BCUT2D eigenvalue weighted by Gasteiger charge is -2.53. The van der Waals surface area contributed by atoms with Crippen LogP contribution in [0.15, 0.2) is 49.1 Å². The Morgan fingerprint density at radius 2 is 2.00 bits per heavy atom. The number of hydrogen-bond acceptors (Lipinski definition) is 5. The number of aromatic nitrogens is 2. The summed E-state index contributed by atoms with van der Waals surface area (Å²) in [4.78, 5) is 6.69. The summed E-state index contributed by atoms with van der Waals surface area (Å²) in [5.41, 5.74) is 1.31. The van der Waals surface area contributed by atoms with Crippen molar-refractivity contribution in [3.05, 3.63) is 54.6 Å². The number of piperidine rings is 1. The zero-order valence-corrected chi connectivity index (χ0v) is 19.8. The highest BCUT2D eigenvalue weighted by molar-refractivity contribution is 7.80. The molecule has 0 N–H and O–H groups in total. The van der Waals surface area contributed by atoms with Gasteiger partial charge in [0.2, 0.25) is 0 Å². The normalized spacial score (nSPS) is 25.8. The van der Waals surface area contributed by atoms with Crippen LogP contribution in [0.25, 0.3) is 0 Å². The second kappa shape index (κ2) is 9.39. The summed E-state index contributed by atoms with van der Waals surface area (Å²) in [6.07, 6.45) is 9.70. The highest BCUT2D eigenvalue weighted by Crippen LogP contribution is 2.51. The standard InChI is InChI=1S/C25H35N3O2S/c1-20(30-23(31)28-15-12-26-19-28)25(11-16-29-24(2,3)18-25)22-9-13-27(14-10-22)17-21-7-5-4-6-8-21/h4-8,12,15,19-20,22H,9-11,13-14,16-18H2,1-3H3. The molecule has 1 aromatic heterocycles. The van der Waals surface area contributed by atoms with Crippen LogP contribution in [0.5, 0.6) is 0 Å². The summed E-state index contributed by atoms with van der Waals surface area (Å²) in [6.45, 7) is 10.7. The summed E-state index contributed by atoms with van der Waals surface area (Å²) < 4.78 is 14.3. The molecule has 2 unspecified atom stereocenters. The van der Waals surface area contributed by atoms with E-state index in [9.17, 15) is 0 Å². The van der Waals surface area contributed by atoms with Crippen LogP contribution in [0, 0.1) is 11.3 Å². The Morgan fingerprint density at radius 3 is 2.65 bits per heavy atom. The van der Waals surface area contributed by atoms with Gasteiger partial charge in [-0.2, -0.15) is 0 Å². The van der Waals surface area contributed by atoms with Crippen LogP contribution in [0.4, 0.5) is 0 Å². The molecule has 2 fully saturated rings. The van der Waals surface area contributed by atoms with Crippen molar-refractivity contribution in [1.82, 2.24) is 14.5 Å². The van der Waals surface area contributed by atoms with Crippen molar-refractivity contribution in [1.29, 1.82) is 0 Å². The van der Waals surface area contributed by atoms with E-state index in [1.807, 2.05) is 6.20 Å². The molecule has 2 aromatic rings. The molecule has 0 spiro atoms. The van der Waals surface area contributed by atoms with Crippen LogP contribution in [0.3, 0.4) is 0 Å². The van der Waals surface area contributed by atoms with E-state index < -0.39 is 0 Å². The lowest BCUT2D eigenvalue weighted by Crippen LogP contribution is -2.54. The first-order valence-corrected chi connectivity index (χ1v) is 11.9. The maximum atomic E-state index is 6.39. The van der Waals surface area contributed by atoms with Crippen molar-refractivity contribution in [3.8, 4) is 0 Å². The van der Waals surface area contributed by atoms with E-state index in [1.54, 1.807) is 17.1 Å². The molecule has 6 heteroatoms. The zero-order valence-electron chi connectivity index (χ0n) is 19.0. The monoisotopic (exact) mass is 441 g/mol. The molecule has 0 aliphatic carbocycles. The molecule has 168 valence electrons. The predicted octanol–water partition coefficient (Wildman–Crippen LogP) is 4.91. The maximum Gasteiger partial charge on any atom is 0.269 e. The Kier molecular flexibility index (Phi) is 6.80. The molecule has 0 amide bonds. The van der Waals surface area contributed by atoms with Gasteiger partial charge in [0.05, 0.1) is 5.60 Å². The third-order valence-electron chi connectivity index (χ3n) is 7.27. The van der Waals surface area contributed by atoms with Crippen LogP contribution in [0.1, 0.15) is 52.0 Å². The van der Waals surface area contributed by atoms with Gasteiger partial charge in [0.1, 0.15) is 12.4 Å². The molecule has 0 bridgehead atoms. The second-order valence-corrected chi connectivity index (χ2v) is 10.1. The smallest absolute Gasteiger partial charge is 0.269 e. The number of thiocarbonyl (C=S) groups is 1. The molecule has 2 atom stereocenters. The molecule has 2 aliphatic rings. The summed E-state index contributed by atoms with van der Waals surface area (Å²) in [5, 5.41) is 0.482. The van der Waals surface area contributed by atoms with E-state index >= 15 is 0 Å². The summed E-state index contributed by atoms with van der Waals surface area (Å²) >= 11 is 5.58. The molecule has 4 rings (SSSR count). The molecule has 5 nitrogen and oxygen atoms in total. The zero-order chi connectivity index (χ0) is 21.9. The Bertz CT molecular complexity index is 847. The fraction of sp³-hybridized carbons (Fsp3) is 0.600. The van der Waals surface area contributed by atoms with Crippen molar-refractivity contribution in [2.24, 2.45) is 11.3 Å². The number of ether oxygens (including phenoxy) is 2. The minimum atomic E-state index is -0.145. The van der Waals surface area contributed by atoms with E-state index in [0.717, 1.165) is 39.1 Å². The van der Waals surface area contributed by atoms with Crippen LogP contribution in [0.2, 0.25) is 0 Å². The molecule has 1 aromatic carbocycles. The first-order valence-electron chi connectivity index (χ1n) is 11.5. The highest BCUT2D eigenvalue weighted by Gasteiger charge is 2.51. The average molecular weight is 442 g/mol. The number of rotatable bonds is 5. The van der Waals surface area contributed by atoms with Gasteiger partial charge in [0.15, 0.2) is 0 Å². The molecule has 0 radical (unpaired) electrons. The molecule has 2 saturated heterocycles. The Labute approximate surface area is 191 Å². The number of likely N-dealkylation sites (tertiary alicyclic amines) is 1. The van der Waals surface area contributed by atoms with Crippen molar-refractivity contribution >= 4 is 17.4 Å². The summed E-state index contributed by atoms with van der Waals surface area (Å²) in [7, 11) is 0. The first-order chi connectivity index (χ1) is 14.9. The first kappa shape index (κ1) is 22.4. The predicted molar refractivity (Wildman–Crippen MR) is 127 cm³/mol. The van der Waals surface area contributed by atoms with Crippen LogP contribution < -0.4 is 0 Å². The van der Waals surface area contributed by atoms with Gasteiger partial charge >= 0.3 is 0 Å². The highest BCUT2D eigenvalue weighted by atomic mass is 32.1. The van der Waals surface area contributed by atoms with E-state index in [1.165, 1.54) is 18.4 Å². The second-order valence-electron chi connectivity index (χ2n) is 9.80. The Hall–Kier alpha value is -1.76. The molecule has 31 heavy (non-hydrogen) atoms. The van der Waals surface area contributed by atoms with Gasteiger partial charge in [0, 0.05) is 31.0 Å². The largest absolute Gasteiger partial charge is 0.467 e. The summed E-state index contributed by atoms with van der Waals surface area (Å²) in [6, 6.07) is 10.8. The number of benzene rings is 1. The average Bonchev–Trinajstić information content (AvgIpc) is 3.29. The van der Waals surface area contributed by atoms with Gasteiger partial charge in [-0.25, -0.2) is 4.98 Å². The van der Waals surface area contributed by atoms with Crippen LogP contribution >= 0.6 is 12.2 Å². The SMILES string of the molecule is CC(OC(=S)n1ccnc1)C1(C2CCN(Cc3ccccc3)CC2)CCOC(C)(C)C1. The molecule has 3 heterocycles. The van der Waals surface area contributed by atoms with E-state index in [-0.39, 0.29) is 17.1 Å². The van der Waals surface area contributed by atoms with E-state index in [2.05, 4.69) is 61.0 Å². The molecule has 2 aliphatic heterocycles. The van der Waals surface area contributed by atoms with Crippen molar-refractivity contribution < 1.29 is 9.47 Å². The fourth-order valence-electron chi connectivity index (χ4n) is 5.68. The number of nitrogens with zero attached hydrogens (tertiary/aromatic N) is 3. The third-order valence-corrected chi connectivity index (χ3v) is 7.57. The molecule has 0 saturated carbocycles. The minimum absolute atomic E-state index is 0.0243. The van der Waals surface area contributed by atoms with Crippen LogP contribution in [-0.2, 0) is 16.0 Å². The van der Waals surface area contributed by atoms with Gasteiger partial charge < -0.3 is 9.47 Å². The third kappa shape index (κ3) is 5.18. The lowest BCUT2D eigenvalue weighted by atomic mass is 9.60. The van der Waals surface area contributed by atoms with Gasteiger partial charge in [-0.05, 0) is 83.2 Å². The fourth-order valence-corrected chi connectivity index (χ4v) is 5.93. The van der Waals surface area contributed by atoms with Gasteiger partial charge in [-0.1, -0.05) is 30.3 Å². The van der Waals surface area contributed by atoms with Gasteiger partial charge in [-0.3, -0.25) is 9.47 Å². The molecular formula is C25H35N3O2S. The van der Waals surface area contributed by atoms with Crippen LogP contribution in [-0.4, -0.2) is 51.0 Å². The van der Waals surface area contributed by atoms with E-state index in [4.69, 9.17) is 21.7 Å². The topological polar surface area (TPSA) is 39.5 Å². The van der Waals surface area contributed by atoms with Crippen molar-refractivity contribution in [3.63, 3.8) is 0 Å². The quantitative estimate of drug-likeness (QED) is 0.617. The maximum absolute atomic E-state index is 6.39. The Morgan fingerprint density at radius 1 is 1.26 bits per heavy atom. The van der Waals surface area contributed by atoms with Gasteiger partial charge in [-0.15, -0.1) is 0 Å². The lowest BCUT2D eigenvalue weighted by molar-refractivity contribution is -0.161. The molecular weight excluding hydrogens is 406 g/mol. The van der Waals surface area contributed by atoms with E-state index in [0.29, 0.717) is 11.1 Å². The minimum Gasteiger partial charge on any atom is -0.467 e. The van der Waals surface area contributed by atoms with Crippen molar-refractivity contribution in [2.45, 2.75) is 64.7 Å². The van der Waals surface area contributed by atoms with Crippen molar-refractivity contribution in [2.75, 3.05) is 19.7 Å². The Balaban J connectivity index is 1.47. The summed E-state index contributed by atoms with van der Waals surface area (Å²) in [5.74, 6) is 0.600.